The third kappa shape index (κ3) is 5.24. The molecule has 8 nitrogen and oxygen atoms in total. The first-order valence-electron chi connectivity index (χ1n) is 11.3. The molecule has 2 aromatic carbocycles. The lowest BCUT2D eigenvalue weighted by Crippen LogP contribution is -2.25. The Morgan fingerprint density at radius 1 is 1.11 bits per heavy atom. The molecule has 0 fully saturated rings. The van der Waals surface area contributed by atoms with Crippen molar-refractivity contribution in [1.82, 2.24) is 14.2 Å². The van der Waals surface area contributed by atoms with Gasteiger partial charge < -0.3 is 14.2 Å². The van der Waals surface area contributed by atoms with Gasteiger partial charge in [0.2, 0.25) is 12.1 Å². The number of hydrogen-bond acceptors (Lipinski definition) is 7. The maximum atomic E-state index is 13.7. The number of methoxy groups -OCH3 is 1. The van der Waals surface area contributed by atoms with Gasteiger partial charge in [0, 0.05) is 11.6 Å². The molecule has 184 valence electrons. The quantitative estimate of drug-likeness (QED) is 0.340. The molecular formula is C26H29N3O5S. The SMILES string of the molecule is COc1cc(C(C)C)c2c(=O)n(C(Oc3cc(C(=O)OC(C)(C)C)[nH]n3)c3ccccc3)sc2c1. The fourth-order valence-electron chi connectivity index (χ4n) is 3.68. The summed E-state index contributed by atoms with van der Waals surface area (Å²) in [5.74, 6) is 0.456. The van der Waals surface area contributed by atoms with E-state index in [2.05, 4.69) is 10.2 Å². The zero-order valence-electron chi connectivity index (χ0n) is 20.6. The molecule has 4 aromatic rings. The van der Waals surface area contributed by atoms with Gasteiger partial charge in [0.25, 0.3) is 5.56 Å². The van der Waals surface area contributed by atoms with Gasteiger partial charge in [-0.25, -0.2) is 8.75 Å². The summed E-state index contributed by atoms with van der Waals surface area (Å²) in [6, 6.07) is 14.7. The van der Waals surface area contributed by atoms with E-state index in [1.807, 2.05) is 56.3 Å². The molecule has 0 aliphatic heterocycles. The number of benzene rings is 2. The fourth-order valence-corrected chi connectivity index (χ4v) is 4.79. The molecule has 0 aliphatic rings. The number of H-pyrrole nitrogens is 1. The van der Waals surface area contributed by atoms with E-state index in [9.17, 15) is 9.59 Å². The molecule has 35 heavy (non-hydrogen) atoms. The second-order valence-electron chi connectivity index (χ2n) is 9.47. The number of rotatable bonds is 7. The Morgan fingerprint density at radius 2 is 1.83 bits per heavy atom. The molecule has 1 unspecified atom stereocenters. The van der Waals surface area contributed by atoms with Crippen LogP contribution in [0.15, 0.2) is 53.3 Å². The van der Waals surface area contributed by atoms with Crippen molar-refractivity contribution in [1.29, 1.82) is 0 Å². The third-order valence-electron chi connectivity index (χ3n) is 5.28. The molecule has 0 radical (unpaired) electrons. The summed E-state index contributed by atoms with van der Waals surface area (Å²) in [4.78, 5) is 26.1. The van der Waals surface area contributed by atoms with Crippen LogP contribution in [0, 0.1) is 0 Å². The van der Waals surface area contributed by atoms with E-state index in [-0.39, 0.29) is 23.1 Å². The van der Waals surface area contributed by atoms with Gasteiger partial charge in [-0.15, -0.1) is 5.10 Å². The van der Waals surface area contributed by atoms with Crippen molar-refractivity contribution >= 4 is 27.6 Å². The number of aromatic amines is 1. The van der Waals surface area contributed by atoms with Crippen LogP contribution in [0.3, 0.4) is 0 Å². The van der Waals surface area contributed by atoms with Crippen molar-refractivity contribution in [3.05, 3.63) is 75.7 Å². The molecular weight excluding hydrogens is 466 g/mol. The molecule has 4 rings (SSSR count). The Morgan fingerprint density at radius 3 is 2.46 bits per heavy atom. The molecule has 0 aliphatic carbocycles. The lowest BCUT2D eigenvalue weighted by molar-refractivity contribution is 0.00626. The van der Waals surface area contributed by atoms with E-state index in [0.717, 1.165) is 15.8 Å². The standard InChI is InChI=1S/C26H29N3O5S/c1-15(2)18-12-17(32-6)13-20-22(18)23(30)29(35-20)24(16-10-8-7-9-11-16)33-21-14-19(27-28-21)25(31)34-26(3,4)5/h7-15,24H,1-6H3,(H,27,28). The van der Waals surface area contributed by atoms with Crippen LogP contribution in [-0.4, -0.2) is 32.8 Å². The Bertz CT molecular complexity index is 1400. The molecule has 0 amide bonds. The summed E-state index contributed by atoms with van der Waals surface area (Å²) in [6.45, 7) is 9.46. The highest BCUT2D eigenvalue weighted by atomic mass is 32.1. The Kier molecular flexibility index (Phi) is 6.71. The molecule has 2 heterocycles. The summed E-state index contributed by atoms with van der Waals surface area (Å²) < 4.78 is 19.5. The van der Waals surface area contributed by atoms with Gasteiger partial charge in [-0.05, 0) is 44.4 Å². The van der Waals surface area contributed by atoms with E-state index in [1.54, 1.807) is 31.8 Å². The number of hydrogen-bond donors (Lipinski definition) is 1. The van der Waals surface area contributed by atoms with E-state index in [4.69, 9.17) is 14.2 Å². The van der Waals surface area contributed by atoms with Crippen LogP contribution >= 0.6 is 11.5 Å². The topological polar surface area (TPSA) is 95.4 Å². The monoisotopic (exact) mass is 495 g/mol. The van der Waals surface area contributed by atoms with Crippen molar-refractivity contribution in [2.24, 2.45) is 0 Å². The van der Waals surface area contributed by atoms with Gasteiger partial charge in [0.05, 0.1) is 17.2 Å². The fraction of sp³-hybridized carbons (Fsp3) is 0.346. The van der Waals surface area contributed by atoms with Crippen LogP contribution in [-0.2, 0) is 4.74 Å². The average molecular weight is 496 g/mol. The summed E-state index contributed by atoms with van der Waals surface area (Å²) in [5.41, 5.74) is 1.04. The lowest BCUT2D eigenvalue weighted by atomic mass is 9.99. The number of nitrogens with zero attached hydrogens (tertiary/aromatic N) is 2. The zero-order chi connectivity index (χ0) is 25.3. The van der Waals surface area contributed by atoms with Gasteiger partial charge in [0.1, 0.15) is 17.0 Å². The number of carbonyl (C=O) groups is 1. The van der Waals surface area contributed by atoms with Gasteiger partial charge in [-0.2, -0.15) is 0 Å². The second kappa shape index (κ2) is 9.58. The number of aromatic nitrogens is 3. The third-order valence-corrected chi connectivity index (χ3v) is 6.35. The number of nitrogens with one attached hydrogen (secondary N) is 1. The van der Waals surface area contributed by atoms with Gasteiger partial charge >= 0.3 is 5.97 Å². The lowest BCUT2D eigenvalue weighted by Gasteiger charge is -2.18. The summed E-state index contributed by atoms with van der Waals surface area (Å²) in [7, 11) is 1.61. The van der Waals surface area contributed by atoms with Crippen LogP contribution in [0.4, 0.5) is 0 Å². The van der Waals surface area contributed by atoms with Crippen LogP contribution < -0.4 is 15.0 Å². The van der Waals surface area contributed by atoms with Crippen LogP contribution in [0.5, 0.6) is 11.6 Å². The molecule has 1 N–H and O–H groups in total. The normalized spacial score (nSPS) is 12.7. The maximum absolute atomic E-state index is 13.7. The first kappa shape index (κ1) is 24.5. The van der Waals surface area contributed by atoms with Crippen LogP contribution in [0.1, 0.15) is 68.4 Å². The maximum Gasteiger partial charge on any atom is 0.357 e. The molecule has 0 saturated carbocycles. The number of carbonyl (C=O) groups excluding carboxylic acids is 1. The van der Waals surface area contributed by atoms with E-state index in [0.29, 0.717) is 11.1 Å². The van der Waals surface area contributed by atoms with Crippen molar-refractivity contribution in [3.63, 3.8) is 0 Å². The first-order valence-corrected chi connectivity index (χ1v) is 12.1. The van der Waals surface area contributed by atoms with Gasteiger partial charge in [-0.1, -0.05) is 55.7 Å². The van der Waals surface area contributed by atoms with Crippen molar-refractivity contribution in [2.75, 3.05) is 7.11 Å². The van der Waals surface area contributed by atoms with Crippen molar-refractivity contribution in [2.45, 2.75) is 52.4 Å². The molecule has 1 atom stereocenters. The molecule has 2 aromatic heterocycles. The molecule has 9 heteroatoms. The largest absolute Gasteiger partial charge is 0.497 e. The number of ether oxygens (including phenoxy) is 3. The summed E-state index contributed by atoms with van der Waals surface area (Å²) in [5, 5.41) is 7.45. The first-order chi connectivity index (χ1) is 16.6. The predicted molar refractivity (Wildman–Crippen MR) is 136 cm³/mol. The summed E-state index contributed by atoms with van der Waals surface area (Å²) in [6.07, 6.45) is -0.790. The minimum absolute atomic E-state index is 0.127. The Hall–Kier alpha value is -3.59. The van der Waals surface area contributed by atoms with E-state index in [1.165, 1.54) is 17.6 Å². The Balaban J connectivity index is 1.78. The highest BCUT2D eigenvalue weighted by molar-refractivity contribution is 7.14. The van der Waals surface area contributed by atoms with Crippen LogP contribution in [0.2, 0.25) is 0 Å². The molecule has 0 bridgehead atoms. The van der Waals surface area contributed by atoms with Gasteiger partial charge in [-0.3, -0.25) is 9.89 Å². The van der Waals surface area contributed by atoms with Crippen molar-refractivity contribution < 1.29 is 19.0 Å². The average Bonchev–Trinajstić information content (AvgIpc) is 3.41. The van der Waals surface area contributed by atoms with E-state index < -0.39 is 17.8 Å². The minimum Gasteiger partial charge on any atom is -0.497 e. The molecule has 0 spiro atoms. The number of fused-ring (bicyclic) bond motifs is 1. The minimum atomic E-state index is -0.790. The zero-order valence-corrected chi connectivity index (χ0v) is 21.4. The molecule has 0 saturated heterocycles. The van der Waals surface area contributed by atoms with Crippen molar-refractivity contribution in [3.8, 4) is 11.6 Å². The summed E-state index contributed by atoms with van der Waals surface area (Å²) >= 11 is 1.30. The van der Waals surface area contributed by atoms with E-state index >= 15 is 0 Å². The van der Waals surface area contributed by atoms with Crippen LogP contribution in [0.25, 0.3) is 10.1 Å². The number of esters is 1. The highest BCUT2D eigenvalue weighted by Gasteiger charge is 2.26. The Labute approximate surface area is 207 Å². The highest BCUT2D eigenvalue weighted by Crippen LogP contribution is 2.34. The predicted octanol–water partition coefficient (Wildman–Crippen LogP) is 5.50. The second-order valence-corrected chi connectivity index (χ2v) is 10.5. The van der Waals surface area contributed by atoms with Gasteiger partial charge in [0.15, 0.2) is 0 Å². The smallest absolute Gasteiger partial charge is 0.357 e.